The first-order valence-corrected chi connectivity index (χ1v) is 8.38. The van der Waals surface area contributed by atoms with E-state index < -0.39 is 21.3 Å². The second-order valence-corrected chi connectivity index (χ2v) is 7.93. The van der Waals surface area contributed by atoms with Gasteiger partial charge in [-0.15, -0.1) is 0 Å². The molecule has 0 aliphatic heterocycles. The average Bonchev–Trinajstić information content (AvgIpc) is 2.23. The predicted octanol–water partition coefficient (Wildman–Crippen LogP) is 0.989. The van der Waals surface area contributed by atoms with E-state index in [4.69, 9.17) is 16.2 Å². The van der Waals surface area contributed by atoms with Gasteiger partial charge in [0.1, 0.15) is 16.2 Å². The molecule has 0 saturated carbocycles. The van der Waals surface area contributed by atoms with Crippen molar-refractivity contribution >= 4 is 21.7 Å². The Bertz CT molecular complexity index is 727. The van der Waals surface area contributed by atoms with Gasteiger partial charge in [-0.3, -0.25) is 4.79 Å². The maximum atomic E-state index is 12.0. The van der Waals surface area contributed by atoms with Crippen LogP contribution in [0.5, 0.6) is 5.75 Å². The number of nitrogens with two attached hydrogens (primary N) is 2. The molecule has 4 N–H and O–H groups in total. The Kier molecular flexibility index (Phi) is 4.86. The summed E-state index contributed by atoms with van der Waals surface area (Å²) in [5, 5.41) is 0. The SMILES string of the molecule is Cc1cc(OC(C)(C)C)c(S(C)(=O)=O)cc1C(=O)N=C(N)N. The van der Waals surface area contributed by atoms with Crippen molar-refractivity contribution in [2.24, 2.45) is 16.5 Å². The Labute approximate surface area is 130 Å². The van der Waals surface area contributed by atoms with Gasteiger partial charge in [-0.1, -0.05) is 0 Å². The maximum Gasteiger partial charge on any atom is 0.280 e. The number of aryl methyl sites for hydroxylation is 1. The van der Waals surface area contributed by atoms with Crippen molar-refractivity contribution in [1.29, 1.82) is 0 Å². The molecule has 0 radical (unpaired) electrons. The highest BCUT2D eigenvalue weighted by atomic mass is 32.2. The predicted molar refractivity (Wildman–Crippen MR) is 84.8 cm³/mol. The summed E-state index contributed by atoms with van der Waals surface area (Å²) in [6, 6.07) is 2.73. The van der Waals surface area contributed by atoms with Crippen LogP contribution in [0.2, 0.25) is 0 Å². The fourth-order valence-electron chi connectivity index (χ4n) is 1.77. The first-order valence-electron chi connectivity index (χ1n) is 6.49. The average molecular weight is 327 g/mol. The molecule has 0 heterocycles. The van der Waals surface area contributed by atoms with E-state index in [2.05, 4.69) is 4.99 Å². The Morgan fingerprint density at radius 3 is 2.18 bits per heavy atom. The van der Waals surface area contributed by atoms with E-state index in [0.29, 0.717) is 5.56 Å². The molecule has 0 unspecified atom stereocenters. The molecule has 1 amide bonds. The Morgan fingerprint density at radius 2 is 1.77 bits per heavy atom. The van der Waals surface area contributed by atoms with Crippen LogP contribution >= 0.6 is 0 Å². The maximum absolute atomic E-state index is 12.0. The second kappa shape index (κ2) is 5.96. The summed E-state index contributed by atoms with van der Waals surface area (Å²) in [6.07, 6.45) is 1.04. The van der Waals surface area contributed by atoms with Crippen LogP contribution < -0.4 is 16.2 Å². The van der Waals surface area contributed by atoms with Crippen LogP contribution in [0, 0.1) is 6.92 Å². The number of benzene rings is 1. The minimum atomic E-state index is -3.60. The van der Waals surface area contributed by atoms with Crippen LogP contribution in [0.4, 0.5) is 0 Å². The number of guanidine groups is 1. The lowest BCUT2D eigenvalue weighted by atomic mass is 10.1. The number of amides is 1. The van der Waals surface area contributed by atoms with Gasteiger partial charge in [0, 0.05) is 11.8 Å². The summed E-state index contributed by atoms with van der Waals surface area (Å²) >= 11 is 0. The summed E-state index contributed by atoms with van der Waals surface area (Å²) in [5.41, 5.74) is 10.4. The smallest absolute Gasteiger partial charge is 0.280 e. The molecule has 1 aromatic carbocycles. The molecule has 0 bridgehead atoms. The van der Waals surface area contributed by atoms with E-state index >= 15 is 0 Å². The molecule has 7 nitrogen and oxygen atoms in total. The lowest BCUT2D eigenvalue weighted by molar-refractivity contribution is 0.100. The third-order valence-corrected chi connectivity index (χ3v) is 3.69. The monoisotopic (exact) mass is 327 g/mol. The van der Waals surface area contributed by atoms with Crippen molar-refractivity contribution in [2.45, 2.75) is 38.2 Å². The van der Waals surface area contributed by atoms with Crippen molar-refractivity contribution in [1.82, 2.24) is 0 Å². The van der Waals surface area contributed by atoms with E-state index in [1.165, 1.54) is 12.1 Å². The highest BCUT2D eigenvalue weighted by Gasteiger charge is 2.23. The van der Waals surface area contributed by atoms with Crippen LogP contribution in [0.25, 0.3) is 0 Å². The van der Waals surface area contributed by atoms with Crippen molar-refractivity contribution < 1.29 is 17.9 Å². The van der Waals surface area contributed by atoms with Gasteiger partial charge in [0.15, 0.2) is 15.8 Å². The van der Waals surface area contributed by atoms with Gasteiger partial charge in [0.05, 0.1) is 0 Å². The molecule has 1 rings (SSSR count). The Hall–Kier alpha value is -2.09. The van der Waals surface area contributed by atoms with Gasteiger partial charge < -0.3 is 16.2 Å². The first-order chi connectivity index (χ1) is 9.81. The van der Waals surface area contributed by atoms with Crippen molar-refractivity contribution in [3.05, 3.63) is 23.3 Å². The number of hydrogen-bond acceptors (Lipinski definition) is 4. The summed E-state index contributed by atoms with van der Waals surface area (Å²) in [6.45, 7) is 7.05. The highest BCUT2D eigenvalue weighted by Crippen LogP contribution is 2.31. The van der Waals surface area contributed by atoms with Gasteiger partial charge in [0.25, 0.3) is 5.91 Å². The van der Waals surface area contributed by atoms with Crippen LogP contribution in [0.15, 0.2) is 22.0 Å². The van der Waals surface area contributed by atoms with Crippen LogP contribution in [-0.4, -0.2) is 32.1 Å². The van der Waals surface area contributed by atoms with Crippen LogP contribution in [-0.2, 0) is 9.84 Å². The molecule has 0 aliphatic rings. The minimum Gasteiger partial charge on any atom is -0.487 e. The standard InChI is InChI=1S/C14H21N3O4S/c1-8-6-10(21-14(2,3)4)11(22(5,19)20)7-9(8)12(18)17-13(15)16/h6-7H,1-5H3,(H4,15,16,17,18). The molecule has 22 heavy (non-hydrogen) atoms. The van der Waals surface area contributed by atoms with E-state index in [9.17, 15) is 13.2 Å². The molecule has 8 heteroatoms. The minimum absolute atomic E-state index is 0.0813. The molecule has 0 spiro atoms. The molecule has 1 aromatic rings. The zero-order valence-electron chi connectivity index (χ0n) is 13.3. The number of rotatable bonds is 3. The van der Waals surface area contributed by atoms with Gasteiger partial charge in [-0.05, 0) is 45.4 Å². The molecule has 0 atom stereocenters. The van der Waals surface area contributed by atoms with Crippen LogP contribution in [0.1, 0.15) is 36.7 Å². The van der Waals surface area contributed by atoms with Gasteiger partial charge in [-0.25, -0.2) is 8.42 Å². The summed E-state index contributed by atoms with van der Waals surface area (Å²) in [4.78, 5) is 15.3. The third kappa shape index (κ3) is 4.73. The first kappa shape index (κ1) is 18.0. The molecule has 0 aromatic heterocycles. The zero-order chi connectivity index (χ0) is 17.3. The van der Waals surface area contributed by atoms with Crippen molar-refractivity contribution in [3.8, 4) is 5.75 Å². The number of sulfone groups is 1. The fourth-order valence-corrected chi connectivity index (χ4v) is 2.57. The van der Waals surface area contributed by atoms with Crippen molar-refractivity contribution in [2.75, 3.05) is 6.26 Å². The summed E-state index contributed by atoms with van der Waals surface area (Å²) in [7, 11) is -3.60. The topological polar surface area (TPSA) is 125 Å². The molecular weight excluding hydrogens is 306 g/mol. The normalized spacial score (nSPS) is 11.9. The fraction of sp³-hybridized carbons (Fsp3) is 0.429. The van der Waals surface area contributed by atoms with E-state index in [1.54, 1.807) is 27.7 Å². The lowest BCUT2D eigenvalue weighted by Gasteiger charge is -2.23. The van der Waals surface area contributed by atoms with Gasteiger partial charge >= 0.3 is 0 Å². The lowest BCUT2D eigenvalue weighted by Crippen LogP contribution is -2.25. The van der Waals surface area contributed by atoms with Gasteiger partial charge in [0.2, 0.25) is 0 Å². The quantitative estimate of drug-likeness (QED) is 0.630. The number of nitrogens with zero attached hydrogens (tertiary/aromatic N) is 1. The van der Waals surface area contributed by atoms with Gasteiger partial charge in [-0.2, -0.15) is 4.99 Å². The molecule has 0 saturated heterocycles. The summed E-state index contributed by atoms with van der Waals surface area (Å²) < 4.78 is 29.6. The molecular formula is C14H21N3O4S. The van der Waals surface area contributed by atoms with Crippen molar-refractivity contribution in [3.63, 3.8) is 0 Å². The number of aliphatic imine (C=N–C) groups is 1. The molecule has 122 valence electrons. The number of carbonyl (C=O) groups excluding carboxylic acids is 1. The number of carbonyl (C=O) groups is 1. The Morgan fingerprint density at radius 1 is 1.23 bits per heavy atom. The number of ether oxygens (including phenoxy) is 1. The van der Waals surface area contributed by atoms with E-state index in [1.807, 2.05) is 0 Å². The van der Waals surface area contributed by atoms with E-state index in [-0.39, 0.29) is 22.2 Å². The van der Waals surface area contributed by atoms with E-state index in [0.717, 1.165) is 6.26 Å². The largest absolute Gasteiger partial charge is 0.487 e. The number of hydrogen-bond donors (Lipinski definition) is 2. The zero-order valence-corrected chi connectivity index (χ0v) is 14.1. The van der Waals surface area contributed by atoms with Crippen LogP contribution in [0.3, 0.4) is 0 Å². The highest BCUT2D eigenvalue weighted by molar-refractivity contribution is 7.90. The molecule has 0 fully saturated rings. The summed E-state index contributed by atoms with van der Waals surface area (Å²) in [5.74, 6) is -0.904. The third-order valence-electron chi connectivity index (χ3n) is 2.57. The molecule has 0 aliphatic carbocycles. The Balaban J connectivity index is 3.56. The second-order valence-electron chi connectivity index (χ2n) is 5.94.